The second-order valence-electron chi connectivity index (χ2n) is 3.80. The minimum absolute atomic E-state index is 0.711. The smallest absolute Gasteiger partial charge is 0.0452 e. The Kier molecular flexibility index (Phi) is 3.32. The van der Waals surface area contributed by atoms with Crippen LogP contribution in [0.1, 0.15) is 12.0 Å². The van der Waals surface area contributed by atoms with Crippen LogP contribution < -0.4 is 5.32 Å². The van der Waals surface area contributed by atoms with Crippen molar-refractivity contribution in [3.63, 3.8) is 0 Å². The van der Waals surface area contributed by atoms with E-state index < -0.39 is 0 Å². The monoisotopic (exact) mass is 229 g/mol. The van der Waals surface area contributed by atoms with Gasteiger partial charge < -0.3 is 5.32 Å². The molecule has 3 heteroatoms. The van der Waals surface area contributed by atoms with Crippen LogP contribution in [0, 0.1) is 5.92 Å². The van der Waals surface area contributed by atoms with Crippen molar-refractivity contribution in [2.24, 2.45) is 5.92 Å². The van der Waals surface area contributed by atoms with Crippen LogP contribution in [-0.4, -0.2) is 13.1 Å². The molecule has 1 N–H and O–H groups in total. The van der Waals surface area contributed by atoms with E-state index in [2.05, 4.69) is 5.32 Å². The van der Waals surface area contributed by atoms with Crippen LogP contribution in [0.4, 0.5) is 0 Å². The first kappa shape index (κ1) is 10.3. The van der Waals surface area contributed by atoms with E-state index >= 15 is 0 Å². The number of halogens is 2. The second kappa shape index (κ2) is 4.52. The molecule has 0 radical (unpaired) electrons. The Balaban J connectivity index is 2.08. The molecule has 1 fully saturated rings. The Bertz CT molecular complexity index is 319. The van der Waals surface area contributed by atoms with E-state index in [1.54, 1.807) is 0 Å². The zero-order valence-electron chi connectivity index (χ0n) is 7.89. The lowest BCUT2D eigenvalue weighted by Gasteiger charge is -2.09. The van der Waals surface area contributed by atoms with E-state index in [1.807, 2.05) is 18.2 Å². The average Bonchev–Trinajstić information content (AvgIpc) is 2.62. The molecule has 0 bridgehead atoms. The molecule has 1 unspecified atom stereocenters. The first-order chi connectivity index (χ1) is 6.75. The summed E-state index contributed by atoms with van der Waals surface area (Å²) in [6.45, 7) is 2.24. The fourth-order valence-electron chi connectivity index (χ4n) is 1.89. The molecule has 1 aromatic rings. The van der Waals surface area contributed by atoms with Crippen molar-refractivity contribution in [2.45, 2.75) is 12.8 Å². The van der Waals surface area contributed by atoms with Gasteiger partial charge in [0.15, 0.2) is 0 Å². The number of rotatable bonds is 2. The summed E-state index contributed by atoms with van der Waals surface area (Å²) < 4.78 is 0. The van der Waals surface area contributed by atoms with Crippen LogP contribution in [0.25, 0.3) is 0 Å². The molecular weight excluding hydrogens is 217 g/mol. The molecule has 0 spiro atoms. The highest BCUT2D eigenvalue weighted by atomic mass is 35.5. The molecule has 1 saturated heterocycles. The van der Waals surface area contributed by atoms with Gasteiger partial charge in [-0.2, -0.15) is 0 Å². The quantitative estimate of drug-likeness (QED) is 0.822. The van der Waals surface area contributed by atoms with E-state index in [0.29, 0.717) is 5.02 Å². The van der Waals surface area contributed by atoms with Gasteiger partial charge in [0.25, 0.3) is 0 Å². The van der Waals surface area contributed by atoms with Gasteiger partial charge in [-0.1, -0.05) is 29.3 Å². The summed E-state index contributed by atoms with van der Waals surface area (Å²) in [5.41, 5.74) is 1.21. The molecule has 1 aliphatic rings. The average molecular weight is 230 g/mol. The van der Waals surface area contributed by atoms with E-state index in [1.165, 1.54) is 12.0 Å². The van der Waals surface area contributed by atoms with Gasteiger partial charge in [-0.25, -0.2) is 0 Å². The van der Waals surface area contributed by atoms with Crippen molar-refractivity contribution in [3.05, 3.63) is 33.8 Å². The SMILES string of the molecule is Clc1ccc(CC2CCNC2)c(Cl)c1. The third kappa shape index (κ3) is 2.41. The Labute approximate surface area is 94.4 Å². The highest BCUT2D eigenvalue weighted by Crippen LogP contribution is 2.24. The highest BCUT2D eigenvalue weighted by Gasteiger charge is 2.15. The fourth-order valence-corrected chi connectivity index (χ4v) is 2.37. The van der Waals surface area contributed by atoms with Crippen LogP contribution in [0.15, 0.2) is 18.2 Å². The standard InChI is InChI=1S/C11H13Cl2N/c12-10-2-1-9(11(13)6-10)5-8-3-4-14-7-8/h1-2,6,8,14H,3-5,7H2. The third-order valence-electron chi connectivity index (χ3n) is 2.69. The summed E-state index contributed by atoms with van der Waals surface area (Å²) in [5.74, 6) is 0.730. The molecule has 0 aromatic heterocycles. The largest absolute Gasteiger partial charge is 0.316 e. The maximum absolute atomic E-state index is 6.10. The molecule has 0 saturated carbocycles. The minimum atomic E-state index is 0.711. The zero-order valence-corrected chi connectivity index (χ0v) is 9.41. The molecule has 0 amide bonds. The molecule has 2 rings (SSSR count). The summed E-state index contributed by atoms with van der Waals surface area (Å²) in [6, 6.07) is 5.76. The van der Waals surface area contributed by atoms with Crippen molar-refractivity contribution in [1.82, 2.24) is 5.32 Å². The Morgan fingerprint density at radius 3 is 2.86 bits per heavy atom. The van der Waals surface area contributed by atoms with Gasteiger partial charge in [-0.3, -0.25) is 0 Å². The summed E-state index contributed by atoms with van der Waals surface area (Å²) in [6.07, 6.45) is 2.31. The Morgan fingerprint density at radius 2 is 2.21 bits per heavy atom. The lowest BCUT2D eigenvalue weighted by Crippen LogP contribution is -2.10. The normalized spacial score (nSPS) is 21.4. The Morgan fingerprint density at radius 1 is 1.36 bits per heavy atom. The molecule has 1 heterocycles. The highest BCUT2D eigenvalue weighted by molar-refractivity contribution is 6.35. The molecular formula is C11H13Cl2N. The van der Waals surface area contributed by atoms with Gasteiger partial charge in [-0.05, 0) is 49.5 Å². The predicted molar refractivity (Wildman–Crippen MR) is 61.1 cm³/mol. The first-order valence-corrected chi connectivity index (χ1v) is 5.66. The Hall–Kier alpha value is -0.240. The zero-order chi connectivity index (χ0) is 9.97. The summed E-state index contributed by atoms with van der Waals surface area (Å²) in [4.78, 5) is 0. The van der Waals surface area contributed by atoms with Gasteiger partial charge in [0.2, 0.25) is 0 Å². The van der Waals surface area contributed by atoms with Crippen molar-refractivity contribution < 1.29 is 0 Å². The maximum Gasteiger partial charge on any atom is 0.0452 e. The lowest BCUT2D eigenvalue weighted by atomic mass is 9.99. The number of hydrogen-bond acceptors (Lipinski definition) is 1. The van der Waals surface area contributed by atoms with Gasteiger partial charge in [0.1, 0.15) is 0 Å². The molecule has 1 atom stereocenters. The van der Waals surface area contributed by atoms with Crippen LogP contribution >= 0.6 is 23.2 Å². The number of benzene rings is 1. The second-order valence-corrected chi connectivity index (χ2v) is 4.64. The summed E-state index contributed by atoms with van der Waals surface area (Å²) >= 11 is 11.9. The van der Waals surface area contributed by atoms with E-state index in [-0.39, 0.29) is 0 Å². The van der Waals surface area contributed by atoms with Crippen LogP contribution in [0.5, 0.6) is 0 Å². The van der Waals surface area contributed by atoms with Crippen LogP contribution in [-0.2, 0) is 6.42 Å². The minimum Gasteiger partial charge on any atom is -0.316 e. The van der Waals surface area contributed by atoms with Crippen LogP contribution in [0.3, 0.4) is 0 Å². The number of hydrogen-bond donors (Lipinski definition) is 1. The number of nitrogens with one attached hydrogen (secondary N) is 1. The van der Waals surface area contributed by atoms with Crippen molar-refractivity contribution >= 4 is 23.2 Å². The van der Waals surface area contributed by atoms with E-state index in [0.717, 1.165) is 30.5 Å². The summed E-state index contributed by atoms with van der Waals surface area (Å²) in [7, 11) is 0. The van der Waals surface area contributed by atoms with Gasteiger partial charge in [0.05, 0.1) is 0 Å². The maximum atomic E-state index is 6.10. The predicted octanol–water partition coefficient (Wildman–Crippen LogP) is 3.15. The lowest BCUT2D eigenvalue weighted by molar-refractivity contribution is 0.580. The van der Waals surface area contributed by atoms with E-state index in [4.69, 9.17) is 23.2 Å². The first-order valence-electron chi connectivity index (χ1n) is 4.90. The third-order valence-corrected chi connectivity index (χ3v) is 3.27. The molecule has 0 aliphatic carbocycles. The molecule has 1 aromatic carbocycles. The van der Waals surface area contributed by atoms with Gasteiger partial charge in [0, 0.05) is 10.0 Å². The molecule has 1 nitrogen and oxygen atoms in total. The van der Waals surface area contributed by atoms with Gasteiger partial charge in [-0.15, -0.1) is 0 Å². The summed E-state index contributed by atoms with van der Waals surface area (Å²) in [5, 5.41) is 4.86. The molecule has 1 aliphatic heterocycles. The molecule has 14 heavy (non-hydrogen) atoms. The van der Waals surface area contributed by atoms with Crippen molar-refractivity contribution in [3.8, 4) is 0 Å². The fraction of sp³-hybridized carbons (Fsp3) is 0.455. The van der Waals surface area contributed by atoms with E-state index in [9.17, 15) is 0 Å². The van der Waals surface area contributed by atoms with Crippen molar-refractivity contribution in [1.29, 1.82) is 0 Å². The topological polar surface area (TPSA) is 12.0 Å². The molecule has 76 valence electrons. The van der Waals surface area contributed by atoms with Crippen LogP contribution in [0.2, 0.25) is 10.0 Å². The van der Waals surface area contributed by atoms with Gasteiger partial charge >= 0.3 is 0 Å². The van der Waals surface area contributed by atoms with Crippen molar-refractivity contribution in [2.75, 3.05) is 13.1 Å².